The molecular weight excluding hydrogens is 400 g/mol. The molecule has 1 aromatic heterocycles. The fourth-order valence-corrected chi connectivity index (χ4v) is 3.67. The number of carbonyl (C=O) groups is 2. The van der Waals surface area contributed by atoms with E-state index < -0.39 is 21.9 Å². The second-order valence-electron chi connectivity index (χ2n) is 5.82. The molecule has 148 valence electrons. The number of sulfonamides is 1. The first-order valence-corrected chi connectivity index (χ1v) is 9.73. The second kappa shape index (κ2) is 7.70. The number of carboxylic acids is 1. The minimum atomic E-state index is -3.77. The van der Waals surface area contributed by atoms with Crippen LogP contribution in [0.25, 0.3) is 11.0 Å². The normalized spacial score (nSPS) is 11.2. The van der Waals surface area contributed by atoms with Gasteiger partial charge in [-0.1, -0.05) is 12.1 Å². The summed E-state index contributed by atoms with van der Waals surface area (Å²) >= 11 is 0. The average molecular weight is 414 g/mol. The molecule has 0 bridgehead atoms. The monoisotopic (exact) mass is 414 g/mol. The Morgan fingerprint density at radius 3 is 2.66 bits per heavy atom. The van der Waals surface area contributed by atoms with Crippen molar-refractivity contribution in [3.63, 3.8) is 0 Å². The number of nitrogens with zero attached hydrogens (tertiary/aromatic N) is 2. The number of anilines is 1. The summed E-state index contributed by atoms with van der Waals surface area (Å²) in [6, 6.07) is 9.51. The number of aromatic nitrogens is 1. The second-order valence-corrected chi connectivity index (χ2v) is 7.59. The van der Waals surface area contributed by atoms with E-state index in [4.69, 9.17) is 9.78 Å². The maximum Gasteiger partial charge on any atom is 0.337 e. The number of rotatable bonds is 6. The van der Waals surface area contributed by atoms with Gasteiger partial charge in [0.2, 0.25) is 10.0 Å². The lowest BCUT2D eigenvalue weighted by Gasteiger charge is -2.08. The zero-order chi connectivity index (χ0) is 21.2. The van der Waals surface area contributed by atoms with Crippen molar-refractivity contribution in [2.24, 2.45) is 0 Å². The first-order valence-electron chi connectivity index (χ1n) is 8.24. The highest BCUT2D eigenvalue weighted by Gasteiger charge is 2.22. The largest absolute Gasteiger partial charge is 0.478 e. The van der Waals surface area contributed by atoms with E-state index in [1.54, 1.807) is 6.92 Å². The average Bonchev–Trinajstić information content (AvgIpc) is 3.11. The van der Waals surface area contributed by atoms with E-state index in [1.165, 1.54) is 30.3 Å². The van der Waals surface area contributed by atoms with E-state index in [-0.39, 0.29) is 44.9 Å². The van der Waals surface area contributed by atoms with Crippen molar-refractivity contribution in [1.29, 1.82) is 5.26 Å². The van der Waals surface area contributed by atoms with Crippen LogP contribution in [0.2, 0.25) is 0 Å². The molecule has 0 aliphatic heterocycles. The van der Waals surface area contributed by atoms with E-state index in [0.29, 0.717) is 0 Å². The van der Waals surface area contributed by atoms with Crippen molar-refractivity contribution in [3.05, 3.63) is 53.2 Å². The number of benzene rings is 2. The van der Waals surface area contributed by atoms with Crippen LogP contribution in [0.15, 0.2) is 45.8 Å². The van der Waals surface area contributed by atoms with Crippen molar-refractivity contribution in [2.45, 2.75) is 11.8 Å². The van der Waals surface area contributed by atoms with E-state index >= 15 is 0 Å². The molecule has 0 saturated heterocycles. The van der Waals surface area contributed by atoms with E-state index in [9.17, 15) is 23.1 Å². The summed E-state index contributed by atoms with van der Waals surface area (Å²) in [5.41, 5.74) is -0.238. The maximum absolute atomic E-state index is 12.6. The molecule has 10 nitrogen and oxygen atoms in total. The summed E-state index contributed by atoms with van der Waals surface area (Å²) in [4.78, 5) is 24.0. The van der Waals surface area contributed by atoms with Gasteiger partial charge in [0.25, 0.3) is 5.91 Å². The van der Waals surface area contributed by atoms with Gasteiger partial charge in [-0.3, -0.25) is 4.79 Å². The number of carboxylic acid groups (broad SMARTS) is 1. The Morgan fingerprint density at radius 1 is 1.24 bits per heavy atom. The van der Waals surface area contributed by atoms with E-state index in [1.807, 2.05) is 6.07 Å². The van der Waals surface area contributed by atoms with Crippen LogP contribution in [0.1, 0.15) is 33.3 Å². The Morgan fingerprint density at radius 2 is 2.00 bits per heavy atom. The Balaban J connectivity index is 2.01. The quantitative estimate of drug-likeness (QED) is 0.551. The summed E-state index contributed by atoms with van der Waals surface area (Å²) in [5.74, 6) is -2.13. The van der Waals surface area contributed by atoms with Gasteiger partial charge in [-0.05, 0) is 36.4 Å². The van der Waals surface area contributed by atoms with Crippen LogP contribution in [-0.4, -0.2) is 37.1 Å². The molecule has 1 amide bonds. The van der Waals surface area contributed by atoms with Crippen LogP contribution in [0, 0.1) is 11.3 Å². The van der Waals surface area contributed by atoms with Crippen LogP contribution in [-0.2, 0) is 10.0 Å². The van der Waals surface area contributed by atoms with Crippen molar-refractivity contribution < 1.29 is 27.6 Å². The highest BCUT2D eigenvalue weighted by Crippen LogP contribution is 2.24. The molecule has 0 radical (unpaired) electrons. The number of hydrogen-bond donors (Lipinski definition) is 3. The summed E-state index contributed by atoms with van der Waals surface area (Å²) in [5, 5.41) is 24.4. The molecule has 1 heterocycles. The summed E-state index contributed by atoms with van der Waals surface area (Å²) in [6.45, 7) is 1.82. The van der Waals surface area contributed by atoms with Gasteiger partial charge < -0.3 is 14.9 Å². The molecule has 3 N–H and O–H groups in total. The Bertz CT molecular complexity index is 1270. The van der Waals surface area contributed by atoms with Crippen molar-refractivity contribution in [3.8, 4) is 6.07 Å². The molecule has 0 spiro atoms. The van der Waals surface area contributed by atoms with Crippen molar-refractivity contribution in [1.82, 2.24) is 9.88 Å². The third-order valence-corrected chi connectivity index (χ3v) is 5.47. The van der Waals surface area contributed by atoms with Gasteiger partial charge in [0.15, 0.2) is 11.3 Å². The number of aromatic carboxylic acids is 1. The van der Waals surface area contributed by atoms with Gasteiger partial charge in [0.1, 0.15) is 0 Å². The van der Waals surface area contributed by atoms with Crippen molar-refractivity contribution in [2.75, 3.05) is 11.9 Å². The molecule has 2 aromatic carbocycles. The van der Waals surface area contributed by atoms with Crippen LogP contribution in [0.4, 0.5) is 5.69 Å². The minimum absolute atomic E-state index is 0.0472. The van der Waals surface area contributed by atoms with Gasteiger partial charge in [-0.25, -0.2) is 17.9 Å². The Labute approximate surface area is 164 Å². The zero-order valence-electron chi connectivity index (χ0n) is 15.0. The molecule has 0 atom stereocenters. The molecule has 3 rings (SSSR count). The molecule has 11 heteroatoms. The third-order valence-electron chi connectivity index (χ3n) is 3.93. The molecular formula is C18H14N4O6S. The smallest absolute Gasteiger partial charge is 0.337 e. The first kappa shape index (κ1) is 20.0. The highest BCUT2D eigenvalue weighted by molar-refractivity contribution is 7.89. The molecule has 0 aliphatic carbocycles. The number of amides is 1. The predicted octanol–water partition coefficient (Wildman–Crippen LogP) is 1.95. The Kier molecular flexibility index (Phi) is 5.31. The standard InChI is InChI=1S/C18H14N4O6S/c1-2-20-29(26,27)11-4-6-15-13(8-11)16(22-28-15)17(23)21-14-5-3-10(9-19)7-12(14)18(24)25/h3-8,20H,2H2,1H3,(H,21,23)(H,24,25). The van der Waals surface area contributed by atoms with Gasteiger partial charge in [-0.15, -0.1) is 0 Å². The van der Waals surface area contributed by atoms with E-state index in [0.717, 1.165) is 6.07 Å². The number of nitriles is 1. The third kappa shape index (κ3) is 3.93. The molecule has 0 aliphatic rings. The summed E-state index contributed by atoms with van der Waals surface area (Å²) in [6.07, 6.45) is 0. The van der Waals surface area contributed by atoms with Gasteiger partial charge >= 0.3 is 5.97 Å². The zero-order valence-corrected chi connectivity index (χ0v) is 15.8. The Hall–Kier alpha value is -3.75. The summed E-state index contributed by atoms with van der Waals surface area (Å²) in [7, 11) is -3.77. The molecule has 0 fully saturated rings. The molecule has 3 aromatic rings. The van der Waals surface area contributed by atoms with Crippen LogP contribution < -0.4 is 10.0 Å². The molecule has 0 saturated carbocycles. The maximum atomic E-state index is 12.6. The first-order chi connectivity index (χ1) is 13.8. The number of nitrogens with one attached hydrogen (secondary N) is 2. The summed E-state index contributed by atoms with van der Waals surface area (Å²) < 4.78 is 31.8. The van der Waals surface area contributed by atoms with Gasteiger partial charge in [0.05, 0.1) is 33.2 Å². The van der Waals surface area contributed by atoms with Gasteiger partial charge in [0, 0.05) is 6.54 Å². The number of carbonyl (C=O) groups excluding carboxylic acids is 1. The lowest BCUT2D eigenvalue weighted by Crippen LogP contribution is -2.23. The highest BCUT2D eigenvalue weighted by atomic mass is 32.2. The number of fused-ring (bicyclic) bond motifs is 1. The van der Waals surface area contributed by atoms with Crippen LogP contribution in [0.3, 0.4) is 0 Å². The van der Waals surface area contributed by atoms with Gasteiger partial charge in [-0.2, -0.15) is 5.26 Å². The fourth-order valence-electron chi connectivity index (χ4n) is 2.60. The minimum Gasteiger partial charge on any atom is -0.478 e. The fraction of sp³-hybridized carbons (Fsp3) is 0.111. The van der Waals surface area contributed by atoms with E-state index in [2.05, 4.69) is 15.2 Å². The predicted molar refractivity (Wildman–Crippen MR) is 101 cm³/mol. The topological polar surface area (TPSA) is 162 Å². The van der Waals surface area contributed by atoms with Crippen LogP contribution in [0.5, 0.6) is 0 Å². The van der Waals surface area contributed by atoms with Crippen molar-refractivity contribution >= 4 is 38.6 Å². The molecule has 0 unspecified atom stereocenters. The lowest BCUT2D eigenvalue weighted by molar-refractivity contribution is 0.0698. The van der Waals surface area contributed by atoms with Crippen LogP contribution >= 0.6 is 0 Å². The lowest BCUT2D eigenvalue weighted by atomic mass is 10.1. The molecule has 29 heavy (non-hydrogen) atoms. The number of hydrogen-bond acceptors (Lipinski definition) is 7. The SMILES string of the molecule is CCNS(=O)(=O)c1ccc2onc(C(=O)Nc3ccc(C#N)cc3C(=O)O)c2c1.